The summed E-state index contributed by atoms with van der Waals surface area (Å²) >= 11 is 0. The molecule has 3 rings (SSSR count). The van der Waals surface area contributed by atoms with E-state index in [1.807, 2.05) is 6.07 Å². The second-order valence-corrected chi connectivity index (χ2v) is 4.90. The summed E-state index contributed by atoms with van der Waals surface area (Å²) in [4.78, 5) is 0. The average Bonchev–Trinajstić information content (AvgIpc) is 2.81. The van der Waals surface area contributed by atoms with E-state index in [1.165, 1.54) is 21.8 Å². The highest BCUT2D eigenvalue weighted by molar-refractivity contribution is 6.08. The number of fused-ring (bicyclic) bond motifs is 3. The number of nitrogens with zero attached hydrogens (tertiary/aromatic N) is 1. The van der Waals surface area contributed by atoms with Crippen LogP contribution in [0.3, 0.4) is 0 Å². The van der Waals surface area contributed by atoms with Gasteiger partial charge in [0.2, 0.25) is 0 Å². The molecule has 0 N–H and O–H groups in total. The van der Waals surface area contributed by atoms with Crippen LogP contribution in [-0.2, 0) is 11.3 Å². The maximum atomic E-state index is 5.36. The molecule has 0 aliphatic carbocycles. The van der Waals surface area contributed by atoms with Crippen LogP contribution in [0.1, 0.15) is 6.42 Å². The van der Waals surface area contributed by atoms with Crippen LogP contribution in [0.4, 0.5) is 0 Å². The van der Waals surface area contributed by atoms with Gasteiger partial charge in [-0.3, -0.25) is 0 Å². The van der Waals surface area contributed by atoms with E-state index in [2.05, 4.69) is 41.0 Å². The van der Waals surface area contributed by atoms with Gasteiger partial charge < -0.3 is 14.0 Å². The van der Waals surface area contributed by atoms with Gasteiger partial charge in [0.25, 0.3) is 0 Å². The third-order valence-corrected chi connectivity index (χ3v) is 3.71. The monoisotopic (exact) mass is 269 g/mol. The van der Waals surface area contributed by atoms with Gasteiger partial charge in [0, 0.05) is 42.6 Å². The molecule has 0 aliphatic rings. The normalized spacial score (nSPS) is 11.3. The number of benzene rings is 2. The number of hydrogen-bond acceptors (Lipinski definition) is 2. The molecule has 0 radical (unpaired) electrons. The van der Waals surface area contributed by atoms with Crippen molar-refractivity contribution in [2.24, 2.45) is 0 Å². The van der Waals surface area contributed by atoms with Gasteiger partial charge in [-0.05, 0) is 24.6 Å². The number of para-hydroxylation sites is 1. The van der Waals surface area contributed by atoms with Gasteiger partial charge in [-0.2, -0.15) is 0 Å². The van der Waals surface area contributed by atoms with Crippen molar-refractivity contribution < 1.29 is 9.47 Å². The van der Waals surface area contributed by atoms with Gasteiger partial charge in [0.05, 0.1) is 12.6 Å². The molecule has 0 bridgehead atoms. The van der Waals surface area contributed by atoms with Gasteiger partial charge in [-0.25, -0.2) is 0 Å². The topological polar surface area (TPSA) is 23.4 Å². The third kappa shape index (κ3) is 2.14. The molecule has 0 aliphatic heterocycles. The van der Waals surface area contributed by atoms with E-state index in [4.69, 9.17) is 9.47 Å². The molecule has 0 saturated carbocycles. The van der Waals surface area contributed by atoms with E-state index in [-0.39, 0.29) is 0 Å². The fourth-order valence-corrected chi connectivity index (χ4v) is 2.76. The van der Waals surface area contributed by atoms with Crippen LogP contribution in [0.5, 0.6) is 5.75 Å². The summed E-state index contributed by atoms with van der Waals surface area (Å²) in [5.74, 6) is 0.897. The van der Waals surface area contributed by atoms with Crippen LogP contribution in [0.25, 0.3) is 21.8 Å². The van der Waals surface area contributed by atoms with E-state index in [0.29, 0.717) is 0 Å². The lowest BCUT2D eigenvalue weighted by molar-refractivity contribution is 0.191. The fourth-order valence-electron chi connectivity index (χ4n) is 2.76. The average molecular weight is 269 g/mol. The first-order valence-electron chi connectivity index (χ1n) is 6.89. The van der Waals surface area contributed by atoms with E-state index < -0.39 is 0 Å². The molecular formula is C17H19NO2. The predicted molar refractivity (Wildman–Crippen MR) is 82.5 cm³/mol. The SMILES string of the molecule is COCCCn1c2ccccc2c2ccc(OC)cc21. The van der Waals surface area contributed by atoms with Gasteiger partial charge in [-0.15, -0.1) is 0 Å². The largest absolute Gasteiger partial charge is 0.497 e. The molecule has 0 fully saturated rings. The Labute approximate surface area is 118 Å². The minimum absolute atomic E-state index is 0.776. The number of hydrogen-bond donors (Lipinski definition) is 0. The zero-order valence-electron chi connectivity index (χ0n) is 11.9. The van der Waals surface area contributed by atoms with Crippen LogP contribution >= 0.6 is 0 Å². The first kappa shape index (κ1) is 13.0. The molecule has 0 saturated heterocycles. The molecule has 1 heterocycles. The van der Waals surface area contributed by atoms with E-state index in [9.17, 15) is 0 Å². The van der Waals surface area contributed by atoms with Gasteiger partial charge in [-0.1, -0.05) is 18.2 Å². The summed E-state index contributed by atoms with van der Waals surface area (Å²) in [7, 11) is 3.45. The van der Waals surface area contributed by atoms with Crippen LogP contribution in [0.2, 0.25) is 0 Å². The maximum absolute atomic E-state index is 5.36. The summed E-state index contributed by atoms with van der Waals surface area (Å²) in [6, 6.07) is 14.8. The van der Waals surface area contributed by atoms with Crippen LogP contribution in [-0.4, -0.2) is 25.4 Å². The number of aromatic nitrogens is 1. The predicted octanol–water partition coefficient (Wildman–Crippen LogP) is 3.84. The zero-order chi connectivity index (χ0) is 13.9. The molecule has 2 aromatic carbocycles. The summed E-state index contributed by atoms with van der Waals surface area (Å²) in [5, 5.41) is 2.57. The van der Waals surface area contributed by atoms with Crippen LogP contribution < -0.4 is 4.74 Å². The van der Waals surface area contributed by atoms with Crippen molar-refractivity contribution in [3.05, 3.63) is 42.5 Å². The molecular weight excluding hydrogens is 250 g/mol. The molecule has 0 unspecified atom stereocenters. The Morgan fingerprint density at radius 2 is 1.75 bits per heavy atom. The number of aryl methyl sites for hydroxylation is 1. The summed E-state index contributed by atoms with van der Waals surface area (Å²) < 4.78 is 12.9. The van der Waals surface area contributed by atoms with E-state index in [1.54, 1.807) is 14.2 Å². The quantitative estimate of drug-likeness (QED) is 0.657. The number of ether oxygens (including phenoxy) is 2. The molecule has 0 atom stereocenters. The highest BCUT2D eigenvalue weighted by atomic mass is 16.5. The Morgan fingerprint density at radius 3 is 2.55 bits per heavy atom. The lowest BCUT2D eigenvalue weighted by atomic mass is 10.1. The summed E-state index contributed by atoms with van der Waals surface area (Å²) in [6.07, 6.45) is 1.00. The third-order valence-electron chi connectivity index (χ3n) is 3.71. The Balaban J connectivity index is 2.19. The van der Waals surface area contributed by atoms with Gasteiger partial charge >= 0.3 is 0 Å². The van der Waals surface area contributed by atoms with Crippen molar-refractivity contribution in [3.8, 4) is 5.75 Å². The molecule has 20 heavy (non-hydrogen) atoms. The van der Waals surface area contributed by atoms with E-state index >= 15 is 0 Å². The second-order valence-electron chi connectivity index (χ2n) is 4.90. The molecule has 0 spiro atoms. The molecule has 1 aromatic heterocycles. The van der Waals surface area contributed by atoms with Crippen molar-refractivity contribution in [1.29, 1.82) is 0 Å². The molecule has 104 valence electrons. The standard InChI is InChI=1S/C17H19NO2/c1-19-11-5-10-18-16-7-4-3-6-14(16)15-9-8-13(20-2)12-17(15)18/h3-4,6-9,12H,5,10-11H2,1-2H3. The van der Waals surface area contributed by atoms with Crippen molar-refractivity contribution in [1.82, 2.24) is 4.57 Å². The second kappa shape index (κ2) is 5.55. The Bertz CT molecular complexity index is 730. The highest BCUT2D eigenvalue weighted by Crippen LogP contribution is 2.31. The summed E-state index contributed by atoms with van der Waals surface area (Å²) in [5.41, 5.74) is 2.49. The first-order chi connectivity index (χ1) is 9.85. The molecule has 3 heteroatoms. The highest BCUT2D eigenvalue weighted by Gasteiger charge is 2.10. The minimum atomic E-state index is 0.776. The Morgan fingerprint density at radius 1 is 0.950 bits per heavy atom. The van der Waals surface area contributed by atoms with Crippen molar-refractivity contribution in [2.75, 3.05) is 20.8 Å². The summed E-state index contributed by atoms with van der Waals surface area (Å²) in [6.45, 7) is 1.73. The van der Waals surface area contributed by atoms with Crippen molar-refractivity contribution in [3.63, 3.8) is 0 Å². The lowest BCUT2D eigenvalue weighted by Gasteiger charge is -2.07. The minimum Gasteiger partial charge on any atom is -0.497 e. The van der Waals surface area contributed by atoms with Gasteiger partial charge in [0.15, 0.2) is 0 Å². The zero-order valence-corrected chi connectivity index (χ0v) is 11.9. The fraction of sp³-hybridized carbons (Fsp3) is 0.294. The number of methoxy groups -OCH3 is 2. The Kier molecular flexibility index (Phi) is 3.61. The lowest BCUT2D eigenvalue weighted by Crippen LogP contribution is -2.01. The first-order valence-corrected chi connectivity index (χ1v) is 6.89. The molecule has 3 nitrogen and oxygen atoms in total. The molecule has 3 aromatic rings. The van der Waals surface area contributed by atoms with E-state index in [0.717, 1.165) is 25.3 Å². The Hall–Kier alpha value is -2.00. The maximum Gasteiger partial charge on any atom is 0.120 e. The number of rotatable bonds is 5. The van der Waals surface area contributed by atoms with Crippen molar-refractivity contribution >= 4 is 21.8 Å². The van der Waals surface area contributed by atoms with Crippen LogP contribution in [0.15, 0.2) is 42.5 Å². The van der Waals surface area contributed by atoms with Crippen LogP contribution in [0, 0.1) is 0 Å². The van der Waals surface area contributed by atoms with Gasteiger partial charge in [0.1, 0.15) is 5.75 Å². The smallest absolute Gasteiger partial charge is 0.120 e. The molecule has 0 amide bonds. The van der Waals surface area contributed by atoms with Crippen molar-refractivity contribution in [2.45, 2.75) is 13.0 Å².